The van der Waals surface area contributed by atoms with Crippen LogP contribution >= 0.6 is 0 Å². The second-order valence-corrected chi connectivity index (χ2v) is 9.15. The van der Waals surface area contributed by atoms with Crippen LogP contribution in [0.3, 0.4) is 0 Å². The molecule has 154 valence electrons. The van der Waals surface area contributed by atoms with E-state index in [9.17, 15) is 0 Å². The average molecular weight is 371 g/mol. The highest BCUT2D eigenvalue weighted by Gasteiger charge is 2.43. The molecule has 2 fully saturated rings. The topological polar surface area (TPSA) is 36.9 Å². The van der Waals surface area contributed by atoms with Crippen molar-refractivity contribution in [2.45, 2.75) is 105 Å². The van der Waals surface area contributed by atoms with Crippen LogP contribution in [0.4, 0.5) is 0 Å². The van der Waals surface area contributed by atoms with E-state index < -0.39 is 0 Å². The summed E-state index contributed by atoms with van der Waals surface area (Å²) in [5.41, 5.74) is 0. The predicted octanol–water partition coefficient (Wildman–Crippen LogP) is 5.39. The van der Waals surface area contributed by atoms with Crippen LogP contribution in [0.15, 0.2) is 0 Å². The fourth-order valence-corrected chi connectivity index (χ4v) is 4.38. The fourth-order valence-electron chi connectivity index (χ4n) is 4.38. The minimum Gasteiger partial charge on any atom is -0.353 e. The van der Waals surface area contributed by atoms with Crippen molar-refractivity contribution in [1.29, 1.82) is 0 Å². The van der Waals surface area contributed by atoms with E-state index >= 15 is 0 Å². The van der Waals surface area contributed by atoms with Gasteiger partial charge in [-0.3, -0.25) is 0 Å². The Kier molecular flexibility index (Phi) is 9.36. The number of fused-ring (bicyclic) bond motifs is 1. The highest BCUT2D eigenvalue weighted by atomic mass is 16.7. The van der Waals surface area contributed by atoms with Crippen LogP contribution in [0.25, 0.3) is 0 Å². The SMILES string of the molecule is CC(C)COC(C)OC1CCC2CCCCC2C1OC(C)OCC(C)C. The van der Waals surface area contributed by atoms with Gasteiger partial charge in [-0.05, 0) is 56.8 Å². The molecule has 2 aliphatic carbocycles. The third-order valence-electron chi connectivity index (χ3n) is 5.62. The molecule has 2 aliphatic rings. The molecule has 0 aromatic rings. The van der Waals surface area contributed by atoms with Gasteiger partial charge in [-0.2, -0.15) is 0 Å². The summed E-state index contributed by atoms with van der Waals surface area (Å²) in [7, 11) is 0. The molecular formula is C22H42O4. The lowest BCUT2D eigenvalue weighted by Crippen LogP contribution is -2.49. The molecule has 0 radical (unpaired) electrons. The van der Waals surface area contributed by atoms with E-state index in [0.29, 0.717) is 17.8 Å². The quantitative estimate of drug-likeness (QED) is 0.483. The van der Waals surface area contributed by atoms with Crippen molar-refractivity contribution in [3.05, 3.63) is 0 Å². The molecule has 0 aromatic heterocycles. The van der Waals surface area contributed by atoms with E-state index in [-0.39, 0.29) is 24.8 Å². The molecule has 0 bridgehead atoms. The van der Waals surface area contributed by atoms with Gasteiger partial charge in [-0.1, -0.05) is 47.0 Å². The van der Waals surface area contributed by atoms with Crippen LogP contribution < -0.4 is 0 Å². The lowest BCUT2D eigenvalue weighted by atomic mass is 9.68. The van der Waals surface area contributed by atoms with Gasteiger partial charge in [0.05, 0.1) is 25.4 Å². The van der Waals surface area contributed by atoms with Crippen molar-refractivity contribution in [1.82, 2.24) is 0 Å². The van der Waals surface area contributed by atoms with Crippen LogP contribution in [0, 0.1) is 23.7 Å². The minimum atomic E-state index is -0.180. The Balaban J connectivity index is 1.96. The third kappa shape index (κ3) is 7.10. The van der Waals surface area contributed by atoms with Gasteiger partial charge in [0.15, 0.2) is 12.6 Å². The Bertz CT molecular complexity index is 384. The van der Waals surface area contributed by atoms with Crippen LogP contribution in [-0.4, -0.2) is 38.0 Å². The Hall–Kier alpha value is -0.160. The summed E-state index contributed by atoms with van der Waals surface area (Å²) in [6, 6.07) is 0. The molecule has 0 aliphatic heterocycles. The molecule has 0 heterocycles. The summed E-state index contributed by atoms with van der Waals surface area (Å²) in [5, 5.41) is 0. The number of rotatable bonds is 10. The standard InChI is InChI=1S/C22H42O4/c1-15(2)13-23-17(5)25-21-12-11-19-9-7-8-10-20(19)22(21)26-18(6)24-14-16(3)4/h15-22H,7-14H2,1-6H3. The molecule has 6 atom stereocenters. The zero-order valence-electron chi connectivity index (χ0n) is 17.9. The summed E-state index contributed by atoms with van der Waals surface area (Å²) in [4.78, 5) is 0. The van der Waals surface area contributed by atoms with Crippen molar-refractivity contribution in [3.63, 3.8) is 0 Å². The molecular weight excluding hydrogens is 328 g/mol. The van der Waals surface area contributed by atoms with E-state index in [2.05, 4.69) is 27.7 Å². The van der Waals surface area contributed by atoms with E-state index in [1.807, 2.05) is 13.8 Å². The molecule has 4 nitrogen and oxygen atoms in total. The maximum Gasteiger partial charge on any atom is 0.155 e. The number of hydrogen-bond acceptors (Lipinski definition) is 4. The van der Waals surface area contributed by atoms with Gasteiger partial charge in [-0.25, -0.2) is 0 Å². The van der Waals surface area contributed by atoms with E-state index in [1.165, 1.54) is 32.1 Å². The van der Waals surface area contributed by atoms with Gasteiger partial charge in [0.2, 0.25) is 0 Å². The van der Waals surface area contributed by atoms with Gasteiger partial charge in [-0.15, -0.1) is 0 Å². The van der Waals surface area contributed by atoms with Crippen molar-refractivity contribution < 1.29 is 18.9 Å². The number of ether oxygens (including phenoxy) is 4. The summed E-state index contributed by atoms with van der Waals surface area (Å²) >= 11 is 0. The Morgan fingerprint density at radius 3 is 1.88 bits per heavy atom. The molecule has 4 heteroatoms. The highest BCUT2D eigenvalue weighted by molar-refractivity contribution is 4.91. The smallest absolute Gasteiger partial charge is 0.155 e. The largest absolute Gasteiger partial charge is 0.353 e. The van der Waals surface area contributed by atoms with Crippen LogP contribution in [-0.2, 0) is 18.9 Å². The third-order valence-corrected chi connectivity index (χ3v) is 5.62. The van der Waals surface area contributed by atoms with Crippen molar-refractivity contribution in [2.24, 2.45) is 23.7 Å². The van der Waals surface area contributed by atoms with Gasteiger partial charge in [0, 0.05) is 0 Å². The summed E-state index contributed by atoms with van der Waals surface area (Å²) < 4.78 is 24.5. The first-order valence-corrected chi connectivity index (χ1v) is 10.9. The van der Waals surface area contributed by atoms with Crippen molar-refractivity contribution in [2.75, 3.05) is 13.2 Å². The second-order valence-electron chi connectivity index (χ2n) is 9.15. The predicted molar refractivity (Wildman–Crippen MR) is 105 cm³/mol. The molecule has 0 spiro atoms. The summed E-state index contributed by atoms with van der Waals surface area (Å²) in [6.07, 6.45) is 7.49. The van der Waals surface area contributed by atoms with Gasteiger partial charge < -0.3 is 18.9 Å². The average Bonchev–Trinajstić information content (AvgIpc) is 2.60. The monoisotopic (exact) mass is 370 g/mol. The van der Waals surface area contributed by atoms with Crippen molar-refractivity contribution in [3.8, 4) is 0 Å². The maximum absolute atomic E-state index is 6.45. The second kappa shape index (κ2) is 11.0. The molecule has 0 amide bonds. The highest BCUT2D eigenvalue weighted by Crippen LogP contribution is 2.43. The molecule has 6 unspecified atom stereocenters. The molecule has 2 rings (SSSR count). The Labute approximate surface area is 161 Å². The van der Waals surface area contributed by atoms with E-state index in [4.69, 9.17) is 18.9 Å². The molecule has 0 aromatic carbocycles. The molecule has 26 heavy (non-hydrogen) atoms. The first-order chi connectivity index (χ1) is 12.4. The zero-order chi connectivity index (χ0) is 19.1. The maximum atomic E-state index is 6.45. The van der Waals surface area contributed by atoms with Gasteiger partial charge >= 0.3 is 0 Å². The van der Waals surface area contributed by atoms with E-state index in [0.717, 1.165) is 25.6 Å². The molecule has 0 N–H and O–H groups in total. The zero-order valence-corrected chi connectivity index (χ0v) is 17.9. The van der Waals surface area contributed by atoms with Crippen molar-refractivity contribution >= 4 is 0 Å². The lowest BCUT2D eigenvalue weighted by molar-refractivity contribution is -0.256. The minimum absolute atomic E-state index is 0.113. The summed E-state index contributed by atoms with van der Waals surface area (Å²) in [5.74, 6) is 2.43. The lowest BCUT2D eigenvalue weighted by Gasteiger charge is -2.46. The Morgan fingerprint density at radius 2 is 1.27 bits per heavy atom. The molecule has 2 saturated carbocycles. The van der Waals surface area contributed by atoms with Gasteiger partial charge in [0.1, 0.15) is 0 Å². The van der Waals surface area contributed by atoms with Crippen LogP contribution in [0.1, 0.15) is 80.1 Å². The first kappa shape index (κ1) is 22.1. The van der Waals surface area contributed by atoms with Gasteiger partial charge in [0.25, 0.3) is 0 Å². The Morgan fingerprint density at radius 1 is 0.692 bits per heavy atom. The number of hydrogen-bond donors (Lipinski definition) is 0. The fraction of sp³-hybridized carbons (Fsp3) is 1.00. The van der Waals surface area contributed by atoms with Crippen LogP contribution in [0.2, 0.25) is 0 Å². The normalized spacial score (nSPS) is 31.8. The molecule has 0 saturated heterocycles. The first-order valence-electron chi connectivity index (χ1n) is 10.9. The summed E-state index contributed by atoms with van der Waals surface area (Å²) in [6.45, 7) is 14.2. The van der Waals surface area contributed by atoms with Crippen LogP contribution in [0.5, 0.6) is 0 Å². The van der Waals surface area contributed by atoms with E-state index in [1.54, 1.807) is 0 Å².